The van der Waals surface area contributed by atoms with Gasteiger partial charge in [0, 0.05) is 25.6 Å². The summed E-state index contributed by atoms with van der Waals surface area (Å²) in [6.45, 7) is 2.36. The van der Waals surface area contributed by atoms with Crippen LogP contribution in [0, 0.1) is 5.92 Å². The van der Waals surface area contributed by atoms with E-state index in [1.54, 1.807) is 0 Å². The maximum absolute atomic E-state index is 5.24. The summed E-state index contributed by atoms with van der Waals surface area (Å²) in [6, 6.07) is 43.7. The number of nitrogens with zero attached hydrogens (tertiary/aromatic N) is 2. The molecule has 0 N–H and O–H groups in total. The smallest absolute Gasteiger partial charge is 0.0979 e. The van der Waals surface area contributed by atoms with E-state index in [1.165, 1.54) is 52.9 Å². The minimum absolute atomic E-state index is 0.468. The lowest BCUT2D eigenvalue weighted by Crippen LogP contribution is -2.28. The summed E-state index contributed by atoms with van der Waals surface area (Å²) in [5.41, 5.74) is 9.02. The highest BCUT2D eigenvalue weighted by Crippen LogP contribution is 2.35. The van der Waals surface area contributed by atoms with Crippen molar-refractivity contribution in [2.24, 2.45) is 5.92 Å². The fourth-order valence-corrected chi connectivity index (χ4v) is 8.39. The van der Waals surface area contributed by atoms with Crippen molar-refractivity contribution < 1.29 is 0 Å². The van der Waals surface area contributed by atoms with Crippen LogP contribution in [-0.2, 0) is 0 Å². The Morgan fingerprint density at radius 2 is 1.18 bits per heavy atom. The van der Waals surface area contributed by atoms with Gasteiger partial charge in [-0.15, -0.1) is 11.3 Å². The van der Waals surface area contributed by atoms with Crippen LogP contribution in [0.1, 0.15) is 18.9 Å². The quantitative estimate of drug-likeness (QED) is 0.195. The number of hydrogen-bond donors (Lipinski definition) is 0. The summed E-state index contributed by atoms with van der Waals surface area (Å²) in [6.07, 6.45) is 5.43. The molecule has 44 heavy (non-hydrogen) atoms. The van der Waals surface area contributed by atoms with Crippen molar-refractivity contribution in [1.82, 2.24) is 9.97 Å². The average Bonchev–Trinajstić information content (AvgIpc) is 3.47. The van der Waals surface area contributed by atoms with E-state index in [0.29, 0.717) is 5.92 Å². The van der Waals surface area contributed by atoms with Gasteiger partial charge in [0.2, 0.25) is 0 Å². The third-order valence-corrected chi connectivity index (χ3v) is 10.4. The van der Waals surface area contributed by atoms with E-state index >= 15 is 0 Å². The highest BCUT2D eigenvalue weighted by Gasteiger charge is 2.19. The van der Waals surface area contributed by atoms with Gasteiger partial charge >= 0.3 is 0 Å². The minimum Gasteiger partial charge on any atom is -0.252 e. The molecule has 9 rings (SSSR count). The van der Waals surface area contributed by atoms with Crippen LogP contribution in [-0.4, -0.2) is 9.97 Å². The van der Waals surface area contributed by atoms with E-state index in [0.717, 1.165) is 39.5 Å². The molecule has 1 atom stereocenters. The monoisotopic (exact) mass is 580 g/mol. The number of hydrogen-bond acceptors (Lipinski definition) is 3. The summed E-state index contributed by atoms with van der Waals surface area (Å²) in [5, 5.41) is 7.47. The van der Waals surface area contributed by atoms with Crippen LogP contribution >= 0.6 is 11.3 Å². The topological polar surface area (TPSA) is 25.8 Å². The Kier molecular flexibility index (Phi) is 5.75. The molecule has 1 unspecified atom stereocenters. The Bertz CT molecular complexity index is 2520. The number of aromatic nitrogens is 2. The minimum atomic E-state index is 0.468. The van der Waals surface area contributed by atoms with Crippen LogP contribution in [0.4, 0.5) is 0 Å². The van der Waals surface area contributed by atoms with Crippen molar-refractivity contribution >= 4 is 65.7 Å². The zero-order valence-electron chi connectivity index (χ0n) is 24.3. The summed E-state index contributed by atoms with van der Waals surface area (Å²) < 4.78 is 2.78. The van der Waals surface area contributed by atoms with E-state index in [9.17, 15) is 0 Å². The van der Waals surface area contributed by atoms with Gasteiger partial charge in [0.05, 0.1) is 22.9 Å². The Hall–Kier alpha value is -5.12. The first kappa shape index (κ1) is 25.4. The SMILES string of the molecule is CC1CC=c2c(sc3ccccc23)=C1c1cccc(-c2cccc(-c3cnc4c5ccccc5c5ccccc5c4n3)c2)c1. The molecule has 0 saturated carbocycles. The van der Waals surface area contributed by atoms with E-state index in [4.69, 9.17) is 9.97 Å². The maximum Gasteiger partial charge on any atom is 0.0979 e. The third kappa shape index (κ3) is 3.93. The summed E-state index contributed by atoms with van der Waals surface area (Å²) >= 11 is 1.93. The number of fused-ring (bicyclic) bond motifs is 9. The second kappa shape index (κ2) is 9.97. The van der Waals surface area contributed by atoms with Crippen molar-refractivity contribution in [3.8, 4) is 22.4 Å². The molecule has 2 aromatic heterocycles. The van der Waals surface area contributed by atoms with Crippen LogP contribution in [0.2, 0.25) is 0 Å². The molecular formula is C41H28N2S. The van der Waals surface area contributed by atoms with Crippen LogP contribution < -0.4 is 9.75 Å². The van der Waals surface area contributed by atoms with Crippen LogP contribution in [0.15, 0.2) is 128 Å². The van der Waals surface area contributed by atoms with E-state index in [1.807, 2.05) is 17.5 Å². The molecule has 8 aromatic rings. The third-order valence-electron chi connectivity index (χ3n) is 9.14. The first-order valence-corrected chi connectivity index (χ1v) is 16.0. The zero-order valence-corrected chi connectivity index (χ0v) is 25.1. The molecule has 2 heterocycles. The van der Waals surface area contributed by atoms with Gasteiger partial charge in [0.15, 0.2) is 0 Å². The van der Waals surface area contributed by atoms with Crippen molar-refractivity contribution in [1.29, 1.82) is 0 Å². The molecule has 0 fully saturated rings. The number of benzene rings is 6. The lowest BCUT2D eigenvalue weighted by atomic mass is 9.86. The van der Waals surface area contributed by atoms with Gasteiger partial charge in [-0.1, -0.05) is 116 Å². The fraction of sp³-hybridized carbons (Fsp3) is 0.0732. The molecule has 3 heteroatoms. The van der Waals surface area contributed by atoms with E-state index in [2.05, 4.69) is 134 Å². The van der Waals surface area contributed by atoms with Gasteiger partial charge in [0.1, 0.15) is 0 Å². The van der Waals surface area contributed by atoms with Crippen LogP contribution in [0.3, 0.4) is 0 Å². The predicted octanol–water partition coefficient (Wildman–Crippen LogP) is 9.50. The largest absolute Gasteiger partial charge is 0.252 e. The summed E-state index contributed by atoms with van der Waals surface area (Å²) in [5.74, 6) is 0.468. The molecular weight excluding hydrogens is 553 g/mol. The van der Waals surface area contributed by atoms with Crippen LogP contribution in [0.5, 0.6) is 0 Å². The Morgan fingerprint density at radius 1 is 0.591 bits per heavy atom. The van der Waals surface area contributed by atoms with Crippen molar-refractivity contribution in [2.75, 3.05) is 0 Å². The Labute approximate surface area is 259 Å². The molecule has 0 saturated heterocycles. The van der Waals surface area contributed by atoms with E-state index < -0.39 is 0 Å². The molecule has 2 nitrogen and oxygen atoms in total. The van der Waals surface area contributed by atoms with Crippen molar-refractivity contribution in [3.05, 3.63) is 143 Å². The standard InChI is InChI=1S/C41H28N2S/c1-25-20-21-35-32-16-6-7-19-37(32)44-41(35)38(25)29-13-9-11-27(23-29)26-10-8-12-28(22-26)36-24-42-39-33-17-4-2-14-30(33)31-15-3-5-18-34(31)40(39)43-36/h2-19,21-25H,20H2,1H3. The summed E-state index contributed by atoms with van der Waals surface area (Å²) in [4.78, 5) is 10.2. The molecule has 0 amide bonds. The molecule has 1 aliphatic carbocycles. The fourth-order valence-electron chi connectivity index (χ4n) is 7.01. The van der Waals surface area contributed by atoms with Gasteiger partial charge in [-0.25, -0.2) is 4.98 Å². The van der Waals surface area contributed by atoms with Gasteiger partial charge in [-0.2, -0.15) is 0 Å². The first-order chi connectivity index (χ1) is 21.7. The lowest BCUT2D eigenvalue weighted by Gasteiger charge is -2.18. The van der Waals surface area contributed by atoms with Gasteiger partial charge in [-0.3, -0.25) is 4.98 Å². The lowest BCUT2D eigenvalue weighted by molar-refractivity contribution is 0.778. The summed E-state index contributed by atoms with van der Waals surface area (Å²) in [7, 11) is 0. The second-order valence-corrected chi connectivity index (χ2v) is 12.9. The highest BCUT2D eigenvalue weighted by atomic mass is 32.1. The van der Waals surface area contributed by atoms with Gasteiger partial charge < -0.3 is 0 Å². The number of thiophene rings is 1. The predicted molar refractivity (Wildman–Crippen MR) is 187 cm³/mol. The molecule has 1 aliphatic rings. The molecule has 6 aromatic carbocycles. The Balaban J connectivity index is 1.18. The van der Waals surface area contributed by atoms with E-state index in [-0.39, 0.29) is 0 Å². The molecule has 0 aliphatic heterocycles. The zero-order chi connectivity index (χ0) is 29.2. The van der Waals surface area contributed by atoms with Gasteiger partial charge in [-0.05, 0) is 74.2 Å². The highest BCUT2D eigenvalue weighted by molar-refractivity contribution is 7.17. The van der Waals surface area contributed by atoms with Crippen LogP contribution in [0.25, 0.3) is 76.7 Å². The Morgan fingerprint density at radius 3 is 1.93 bits per heavy atom. The molecule has 0 spiro atoms. The molecule has 208 valence electrons. The molecule has 0 bridgehead atoms. The maximum atomic E-state index is 5.24. The van der Waals surface area contributed by atoms with Gasteiger partial charge in [0.25, 0.3) is 0 Å². The normalized spacial score (nSPS) is 14.8. The first-order valence-electron chi connectivity index (χ1n) is 15.2. The second-order valence-electron chi connectivity index (χ2n) is 11.8. The number of rotatable bonds is 3. The van der Waals surface area contributed by atoms with Crippen molar-refractivity contribution in [3.63, 3.8) is 0 Å². The average molecular weight is 581 g/mol. The molecule has 0 radical (unpaired) electrons. The van der Waals surface area contributed by atoms with Crippen molar-refractivity contribution in [2.45, 2.75) is 13.3 Å².